The minimum Gasteiger partial charge on any atom is -0.454 e. The number of rotatable bonds is 3. The minimum atomic E-state index is -0.495. The molecule has 1 heterocycles. The number of pyridine rings is 1. The molecule has 0 fully saturated rings. The van der Waals surface area contributed by atoms with E-state index in [1.807, 2.05) is 39.0 Å². The van der Waals surface area contributed by atoms with Crippen LogP contribution in [-0.2, 0) is 9.53 Å². The molecule has 0 spiro atoms. The smallest absolute Gasteiger partial charge is 0.312 e. The molecular weight excluding hydrogens is 374 g/mol. The summed E-state index contributed by atoms with van der Waals surface area (Å²) in [6, 6.07) is 7.50. The summed E-state index contributed by atoms with van der Waals surface area (Å²) in [4.78, 5) is 16.2. The summed E-state index contributed by atoms with van der Waals surface area (Å²) in [5.74, 6) is 0.0135. The fourth-order valence-electron chi connectivity index (χ4n) is 1.56. The second-order valence-electron chi connectivity index (χ2n) is 5.56. The second-order valence-corrected chi connectivity index (χ2v) is 7.76. The highest BCUT2D eigenvalue weighted by Crippen LogP contribution is 2.30. The van der Waals surface area contributed by atoms with Crippen molar-refractivity contribution in [2.75, 3.05) is 5.94 Å². The van der Waals surface area contributed by atoms with Crippen LogP contribution in [0, 0.1) is 5.41 Å². The standard InChI is InChI=1S/C15H15BrClNO2S/c1-15(2,3)14(19)20-8-21-13-11(16)7-9-6-10(17)4-5-12(9)18-13/h4-7H,8H2,1-3H3. The first-order valence-electron chi connectivity index (χ1n) is 6.33. The Hall–Kier alpha value is -0.780. The van der Waals surface area contributed by atoms with E-state index in [2.05, 4.69) is 20.9 Å². The lowest BCUT2D eigenvalue weighted by Gasteiger charge is -2.16. The van der Waals surface area contributed by atoms with Gasteiger partial charge in [-0.15, -0.1) is 0 Å². The number of nitrogens with zero attached hydrogens (tertiary/aromatic N) is 1. The molecule has 0 aliphatic carbocycles. The molecule has 6 heteroatoms. The maximum Gasteiger partial charge on any atom is 0.312 e. The largest absolute Gasteiger partial charge is 0.454 e. The highest BCUT2D eigenvalue weighted by molar-refractivity contribution is 9.10. The third kappa shape index (κ3) is 4.34. The van der Waals surface area contributed by atoms with Gasteiger partial charge >= 0.3 is 5.97 Å². The van der Waals surface area contributed by atoms with Crippen LogP contribution in [0.2, 0.25) is 5.02 Å². The third-order valence-corrected chi connectivity index (χ3v) is 4.62. The van der Waals surface area contributed by atoms with Gasteiger partial charge in [-0.05, 0) is 61.0 Å². The van der Waals surface area contributed by atoms with Gasteiger partial charge in [-0.25, -0.2) is 4.98 Å². The quantitative estimate of drug-likeness (QED) is 0.407. The molecule has 1 aromatic heterocycles. The number of halogens is 2. The SMILES string of the molecule is CC(C)(C)C(=O)OCSc1nc2ccc(Cl)cc2cc1Br. The van der Waals surface area contributed by atoms with E-state index in [9.17, 15) is 4.79 Å². The Kier molecular flexibility index (Phi) is 5.17. The summed E-state index contributed by atoms with van der Waals surface area (Å²) >= 11 is 10.8. The van der Waals surface area contributed by atoms with Crippen molar-refractivity contribution in [3.05, 3.63) is 33.8 Å². The number of benzene rings is 1. The lowest BCUT2D eigenvalue weighted by molar-refractivity contribution is -0.150. The van der Waals surface area contributed by atoms with Gasteiger partial charge in [0.1, 0.15) is 11.0 Å². The predicted molar refractivity (Wildman–Crippen MR) is 90.7 cm³/mol. The van der Waals surface area contributed by atoms with Gasteiger partial charge in [-0.3, -0.25) is 4.79 Å². The molecule has 1 aromatic carbocycles. The molecule has 2 aromatic rings. The molecule has 0 amide bonds. The maximum absolute atomic E-state index is 11.7. The molecule has 3 nitrogen and oxygen atoms in total. The molecule has 0 radical (unpaired) electrons. The van der Waals surface area contributed by atoms with Gasteiger partial charge in [0.2, 0.25) is 0 Å². The fraction of sp³-hybridized carbons (Fsp3) is 0.333. The zero-order chi connectivity index (χ0) is 15.6. The van der Waals surface area contributed by atoms with E-state index >= 15 is 0 Å². The Labute approximate surface area is 141 Å². The van der Waals surface area contributed by atoms with Crippen LogP contribution in [0.3, 0.4) is 0 Å². The predicted octanol–water partition coefficient (Wildman–Crippen LogP) is 5.29. The van der Waals surface area contributed by atoms with Crippen LogP contribution < -0.4 is 0 Å². The first kappa shape index (κ1) is 16.6. The van der Waals surface area contributed by atoms with E-state index in [0.717, 1.165) is 20.4 Å². The first-order valence-corrected chi connectivity index (χ1v) is 8.49. The van der Waals surface area contributed by atoms with Crippen molar-refractivity contribution in [3.8, 4) is 0 Å². The molecule has 0 saturated heterocycles. The summed E-state index contributed by atoms with van der Waals surface area (Å²) in [7, 11) is 0. The molecule has 0 unspecified atom stereocenters. The van der Waals surface area contributed by atoms with Crippen molar-refractivity contribution < 1.29 is 9.53 Å². The number of fused-ring (bicyclic) bond motifs is 1. The van der Waals surface area contributed by atoms with Crippen LogP contribution in [0.15, 0.2) is 33.8 Å². The summed E-state index contributed by atoms with van der Waals surface area (Å²) in [5, 5.41) is 2.42. The fourth-order valence-corrected chi connectivity index (χ4v) is 3.06. The third-order valence-electron chi connectivity index (χ3n) is 2.70. The average Bonchev–Trinajstić information content (AvgIpc) is 2.38. The Morgan fingerprint density at radius 3 is 2.76 bits per heavy atom. The van der Waals surface area contributed by atoms with Crippen LogP contribution in [0.4, 0.5) is 0 Å². The number of hydrogen-bond acceptors (Lipinski definition) is 4. The zero-order valence-electron chi connectivity index (χ0n) is 11.9. The highest BCUT2D eigenvalue weighted by Gasteiger charge is 2.23. The van der Waals surface area contributed by atoms with Crippen molar-refractivity contribution >= 4 is 56.2 Å². The van der Waals surface area contributed by atoms with Crippen LogP contribution in [-0.4, -0.2) is 16.9 Å². The van der Waals surface area contributed by atoms with Crippen LogP contribution in [0.1, 0.15) is 20.8 Å². The molecule has 2 rings (SSSR count). The van der Waals surface area contributed by atoms with Crippen molar-refractivity contribution in [2.45, 2.75) is 25.8 Å². The lowest BCUT2D eigenvalue weighted by Crippen LogP contribution is -2.22. The van der Waals surface area contributed by atoms with Gasteiger partial charge in [0.25, 0.3) is 0 Å². The van der Waals surface area contributed by atoms with E-state index < -0.39 is 5.41 Å². The number of thioether (sulfide) groups is 1. The number of ether oxygens (including phenoxy) is 1. The zero-order valence-corrected chi connectivity index (χ0v) is 15.1. The Bertz CT molecular complexity index is 685. The Morgan fingerprint density at radius 2 is 2.10 bits per heavy atom. The van der Waals surface area contributed by atoms with E-state index in [-0.39, 0.29) is 11.9 Å². The summed E-state index contributed by atoms with van der Waals surface area (Å²) < 4.78 is 6.09. The van der Waals surface area contributed by atoms with E-state index in [1.54, 1.807) is 6.07 Å². The van der Waals surface area contributed by atoms with Crippen LogP contribution >= 0.6 is 39.3 Å². The number of hydrogen-bond donors (Lipinski definition) is 0. The summed E-state index contributed by atoms with van der Waals surface area (Å²) in [6.07, 6.45) is 0. The average molecular weight is 389 g/mol. The topological polar surface area (TPSA) is 39.2 Å². The van der Waals surface area contributed by atoms with Crippen LogP contribution in [0.25, 0.3) is 10.9 Å². The molecule has 0 saturated carbocycles. The molecule has 0 bridgehead atoms. The van der Waals surface area contributed by atoms with Gasteiger partial charge in [0, 0.05) is 10.4 Å². The molecule has 0 aliphatic rings. The number of aromatic nitrogens is 1. The summed E-state index contributed by atoms with van der Waals surface area (Å²) in [6.45, 7) is 5.48. The highest BCUT2D eigenvalue weighted by atomic mass is 79.9. The van der Waals surface area contributed by atoms with Crippen molar-refractivity contribution in [1.82, 2.24) is 4.98 Å². The molecule has 0 N–H and O–H groups in total. The molecule has 0 aliphatic heterocycles. The van der Waals surface area contributed by atoms with Crippen LogP contribution in [0.5, 0.6) is 0 Å². The molecular formula is C15H15BrClNO2S. The van der Waals surface area contributed by atoms with Crippen molar-refractivity contribution in [2.24, 2.45) is 5.41 Å². The number of carbonyl (C=O) groups is 1. The maximum atomic E-state index is 11.7. The van der Waals surface area contributed by atoms with Gasteiger partial charge < -0.3 is 4.74 Å². The van der Waals surface area contributed by atoms with Gasteiger partial charge in [-0.1, -0.05) is 23.4 Å². The molecule has 0 atom stereocenters. The van der Waals surface area contributed by atoms with E-state index in [4.69, 9.17) is 16.3 Å². The molecule has 112 valence electrons. The number of carbonyl (C=O) groups excluding carboxylic acids is 1. The van der Waals surface area contributed by atoms with E-state index in [0.29, 0.717) is 5.02 Å². The Morgan fingerprint density at radius 1 is 1.38 bits per heavy atom. The monoisotopic (exact) mass is 387 g/mol. The lowest BCUT2D eigenvalue weighted by atomic mass is 9.98. The van der Waals surface area contributed by atoms with Crippen molar-refractivity contribution in [1.29, 1.82) is 0 Å². The first-order chi connectivity index (χ1) is 9.77. The van der Waals surface area contributed by atoms with Gasteiger partial charge in [-0.2, -0.15) is 0 Å². The molecule has 21 heavy (non-hydrogen) atoms. The Balaban J connectivity index is 2.10. The summed E-state index contributed by atoms with van der Waals surface area (Å²) in [5.41, 5.74) is 0.359. The second kappa shape index (κ2) is 6.55. The van der Waals surface area contributed by atoms with E-state index in [1.165, 1.54) is 11.8 Å². The van der Waals surface area contributed by atoms with Gasteiger partial charge in [0.05, 0.1) is 15.4 Å². The van der Waals surface area contributed by atoms with Crippen molar-refractivity contribution in [3.63, 3.8) is 0 Å². The number of esters is 1. The van der Waals surface area contributed by atoms with Gasteiger partial charge in [0.15, 0.2) is 0 Å². The minimum absolute atomic E-state index is 0.223. The normalized spacial score (nSPS) is 11.7.